The highest BCUT2D eigenvalue weighted by molar-refractivity contribution is 8.00. The van der Waals surface area contributed by atoms with E-state index in [1.165, 1.54) is 11.8 Å². The molecule has 1 aromatic heterocycles. The molecule has 2 aromatic rings. The fourth-order valence-electron chi connectivity index (χ4n) is 1.98. The van der Waals surface area contributed by atoms with Crippen molar-refractivity contribution >= 4 is 17.7 Å². The van der Waals surface area contributed by atoms with Crippen molar-refractivity contribution in [1.82, 2.24) is 19.7 Å². The zero-order valence-corrected chi connectivity index (χ0v) is 14.2. The number of nitrogens with zero attached hydrogens (tertiary/aromatic N) is 4. The fourth-order valence-corrected chi connectivity index (χ4v) is 2.94. The van der Waals surface area contributed by atoms with Gasteiger partial charge in [0.05, 0.1) is 12.4 Å². The zero-order valence-electron chi connectivity index (χ0n) is 13.4. The third-order valence-electron chi connectivity index (χ3n) is 3.25. The first-order chi connectivity index (χ1) is 10.4. The number of ether oxygens (including phenoxy) is 1. The largest absolute Gasteiger partial charge is 0.497 e. The lowest BCUT2D eigenvalue weighted by Gasteiger charge is -2.15. The van der Waals surface area contributed by atoms with Crippen molar-refractivity contribution in [2.45, 2.75) is 17.3 Å². The van der Waals surface area contributed by atoms with Gasteiger partial charge in [0.2, 0.25) is 5.91 Å². The van der Waals surface area contributed by atoms with Gasteiger partial charge in [-0.05, 0) is 31.2 Å². The molecule has 0 saturated heterocycles. The van der Waals surface area contributed by atoms with Gasteiger partial charge < -0.3 is 14.2 Å². The van der Waals surface area contributed by atoms with Gasteiger partial charge in [-0.15, -0.1) is 10.2 Å². The van der Waals surface area contributed by atoms with Crippen LogP contribution in [0.5, 0.6) is 5.75 Å². The highest BCUT2D eigenvalue weighted by Crippen LogP contribution is 2.27. The van der Waals surface area contributed by atoms with Crippen LogP contribution in [-0.2, 0) is 11.8 Å². The maximum atomic E-state index is 11.9. The minimum atomic E-state index is -0.207. The normalized spacial score (nSPS) is 12.0. The van der Waals surface area contributed by atoms with E-state index in [2.05, 4.69) is 10.2 Å². The number of amides is 1. The highest BCUT2D eigenvalue weighted by atomic mass is 32.2. The molecule has 0 N–H and O–H groups in total. The number of benzene rings is 1. The highest BCUT2D eigenvalue weighted by Gasteiger charge is 2.20. The van der Waals surface area contributed by atoms with Crippen LogP contribution in [0.25, 0.3) is 11.4 Å². The molecule has 2 rings (SSSR count). The molecule has 0 saturated carbocycles. The topological polar surface area (TPSA) is 60.3 Å². The molecule has 0 aliphatic carbocycles. The summed E-state index contributed by atoms with van der Waals surface area (Å²) < 4.78 is 7.05. The Labute approximate surface area is 134 Å². The van der Waals surface area contributed by atoms with Crippen molar-refractivity contribution in [3.05, 3.63) is 24.3 Å². The Morgan fingerprint density at radius 1 is 1.27 bits per heavy atom. The monoisotopic (exact) mass is 320 g/mol. The minimum absolute atomic E-state index is 0.0546. The quantitative estimate of drug-likeness (QED) is 0.789. The van der Waals surface area contributed by atoms with Crippen LogP contribution >= 0.6 is 11.8 Å². The Bertz CT molecular complexity index is 652. The van der Waals surface area contributed by atoms with Crippen LogP contribution in [-0.4, -0.2) is 52.0 Å². The standard InChI is InChI=1S/C15H20N4O2S/c1-10(14(20)18(2)3)22-15-17-16-13(19(15)4)11-6-8-12(21-5)9-7-11/h6-10H,1-5H3/t10-/m1/s1. The summed E-state index contributed by atoms with van der Waals surface area (Å²) in [6.45, 7) is 1.87. The molecule has 0 fully saturated rings. The zero-order chi connectivity index (χ0) is 16.3. The van der Waals surface area contributed by atoms with E-state index in [-0.39, 0.29) is 11.2 Å². The molecule has 22 heavy (non-hydrogen) atoms. The average Bonchev–Trinajstić information content (AvgIpc) is 2.87. The van der Waals surface area contributed by atoms with Crippen LogP contribution in [0.2, 0.25) is 0 Å². The van der Waals surface area contributed by atoms with Crippen LogP contribution in [0, 0.1) is 0 Å². The maximum Gasteiger partial charge on any atom is 0.235 e. The van der Waals surface area contributed by atoms with Crippen molar-refractivity contribution in [2.24, 2.45) is 7.05 Å². The molecule has 1 aromatic carbocycles. The van der Waals surface area contributed by atoms with E-state index in [9.17, 15) is 4.79 Å². The van der Waals surface area contributed by atoms with E-state index >= 15 is 0 Å². The van der Waals surface area contributed by atoms with Crippen molar-refractivity contribution in [2.75, 3.05) is 21.2 Å². The summed E-state index contributed by atoms with van der Waals surface area (Å²) in [5, 5.41) is 8.92. The van der Waals surface area contributed by atoms with Gasteiger partial charge in [0, 0.05) is 26.7 Å². The van der Waals surface area contributed by atoms with Gasteiger partial charge >= 0.3 is 0 Å². The smallest absolute Gasteiger partial charge is 0.235 e. The molecule has 0 spiro atoms. The van der Waals surface area contributed by atoms with E-state index in [1.54, 1.807) is 26.1 Å². The maximum absolute atomic E-state index is 11.9. The van der Waals surface area contributed by atoms with Gasteiger partial charge in [-0.3, -0.25) is 4.79 Å². The summed E-state index contributed by atoms with van der Waals surface area (Å²) in [5.41, 5.74) is 0.953. The van der Waals surface area contributed by atoms with Gasteiger partial charge in [0.1, 0.15) is 5.75 Å². The number of rotatable bonds is 5. The first-order valence-electron chi connectivity index (χ1n) is 6.85. The summed E-state index contributed by atoms with van der Waals surface area (Å²) in [7, 11) is 7.03. The molecule has 0 radical (unpaired) electrons. The summed E-state index contributed by atoms with van der Waals surface area (Å²) in [6.07, 6.45) is 0. The van der Waals surface area contributed by atoms with Crippen molar-refractivity contribution in [1.29, 1.82) is 0 Å². The number of carbonyl (C=O) groups is 1. The number of hydrogen-bond donors (Lipinski definition) is 0. The first-order valence-corrected chi connectivity index (χ1v) is 7.73. The Balaban J connectivity index is 2.20. The summed E-state index contributed by atoms with van der Waals surface area (Å²) >= 11 is 1.40. The van der Waals surface area contributed by atoms with Crippen LogP contribution < -0.4 is 4.74 Å². The van der Waals surface area contributed by atoms with Gasteiger partial charge in [-0.1, -0.05) is 11.8 Å². The number of methoxy groups -OCH3 is 1. The number of thioether (sulfide) groups is 1. The number of hydrogen-bond acceptors (Lipinski definition) is 5. The van der Waals surface area contributed by atoms with Gasteiger partial charge in [-0.25, -0.2) is 0 Å². The SMILES string of the molecule is COc1ccc(-c2nnc(S[C@H](C)C(=O)N(C)C)n2C)cc1. The minimum Gasteiger partial charge on any atom is -0.497 e. The number of carbonyl (C=O) groups excluding carboxylic acids is 1. The van der Waals surface area contributed by atoms with E-state index in [1.807, 2.05) is 42.8 Å². The van der Waals surface area contributed by atoms with Crippen LogP contribution in [0.4, 0.5) is 0 Å². The molecule has 0 unspecified atom stereocenters. The van der Waals surface area contributed by atoms with E-state index in [0.717, 1.165) is 17.1 Å². The molecule has 0 aliphatic rings. The molecule has 7 heteroatoms. The Hall–Kier alpha value is -2.02. The van der Waals surface area contributed by atoms with Crippen LogP contribution in [0.3, 0.4) is 0 Å². The average molecular weight is 320 g/mol. The molecule has 1 heterocycles. The second-order valence-electron chi connectivity index (χ2n) is 5.09. The summed E-state index contributed by atoms with van der Waals surface area (Å²) in [5.74, 6) is 1.61. The van der Waals surface area contributed by atoms with Crippen molar-refractivity contribution in [3.8, 4) is 17.1 Å². The molecule has 1 amide bonds. The summed E-state index contributed by atoms with van der Waals surface area (Å²) in [6, 6.07) is 7.64. The predicted octanol–water partition coefficient (Wildman–Crippen LogP) is 2.06. The van der Waals surface area contributed by atoms with E-state index in [4.69, 9.17) is 4.74 Å². The first kappa shape index (κ1) is 16.4. The molecule has 1 atom stereocenters. The lowest BCUT2D eigenvalue weighted by molar-refractivity contribution is -0.127. The third kappa shape index (κ3) is 3.41. The number of aromatic nitrogens is 3. The fraction of sp³-hybridized carbons (Fsp3) is 0.400. The Morgan fingerprint density at radius 3 is 2.45 bits per heavy atom. The molecular formula is C15H20N4O2S. The van der Waals surface area contributed by atoms with Crippen LogP contribution in [0.15, 0.2) is 29.4 Å². The molecule has 0 aliphatic heterocycles. The molecule has 6 nitrogen and oxygen atoms in total. The van der Waals surface area contributed by atoms with E-state index < -0.39 is 0 Å². The van der Waals surface area contributed by atoms with Gasteiger partial charge in [0.25, 0.3) is 0 Å². The molecule has 0 bridgehead atoms. The van der Waals surface area contributed by atoms with Gasteiger partial charge in [-0.2, -0.15) is 0 Å². The lowest BCUT2D eigenvalue weighted by Crippen LogP contribution is -2.29. The molecular weight excluding hydrogens is 300 g/mol. The lowest BCUT2D eigenvalue weighted by atomic mass is 10.2. The van der Waals surface area contributed by atoms with Gasteiger partial charge in [0.15, 0.2) is 11.0 Å². The summed E-state index contributed by atoms with van der Waals surface area (Å²) in [4.78, 5) is 13.5. The van der Waals surface area contributed by atoms with Crippen LogP contribution in [0.1, 0.15) is 6.92 Å². The molecule has 118 valence electrons. The second-order valence-corrected chi connectivity index (χ2v) is 6.39. The van der Waals surface area contributed by atoms with Crippen molar-refractivity contribution < 1.29 is 9.53 Å². The van der Waals surface area contributed by atoms with Crippen molar-refractivity contribution in [3.63, 3.8) is 0 Å². The van der Waals surface area contributed by atoms with E-state index in [0.29, 0.717) is 5.16 Å². The second kappa shape index (κ2) is 6.83. The Kier molecular flexibility index (Phi) is 5.07. The third-order valence-corrected chi connectivity index (χ3v) is 4.38. The predicted molar refractivity (Wildman–Crippen MR) is 87.0 cm³/mol. The Morgan fingerprint density at radius 2 is 1.91 bits per heavy atom.